The molecule has 0 saturated heterocycles. The molecule has 0 aliphatic rings. The summed E-state index contributed by atoms with van der Waals surface area (Å²) >= 11 is 0. The van der Waals surface area contributed by atoms with E-state index in [2.05, 4.69) is 4.98 Å². The number of pyridine rings is 1. The van der Waals surface area contributed by atoms with Gasteiger partial charge in [0.25, 0.3) is 5.56 Å². The van der Waals surface area contributed by atoms with Crippen molar-refractivity contribution in [1.82, 2.24) is 4.98 Å². The van der Waals surface area contributed by atoms with Crippen LogP contribution in [0.2, 0.25) is 0 Å². The monoisotopic (exact) mass is 178 g/mol. The number of H-pyrrole nitrogens is 1. The fourth-order valence-corrected chi connectivity index (χ4v) is 0.895. The van der Waals surface area contributed by atoms with Crippen molar-refractivity contribution in [2.75, 3.05) is 0 Å². The molecule has 3 N–H and O–H groups in total. The minimum absolute atomic E-state index is 0.128. The lowest BCUT2D eigenvalue weighted by atomic mass is 10.2. The van der Waals surface area contributed by atoms with Crippen LogP contribution in [0, 0.1) is 6.92 Å². The van der Waals surface area contributed by atoms with Gasteiger partial charge in [0, 0.05) is 17.8 Å². The van der Waals surface area contributed by atoms with Gasteiger partial charge in [-0.15, -0.1) is 0 Å². The lowest BCUT2D eigenvalue weighted by Gasteiger charge is -1.93. The fraction of sp³-hybridized carbons (Fsp3) is 0.111. The predicted molar refractivity (Wildman–Crippen MR) is 50.0 cm³/mol. The molecule has 0 aliphatic carbocycles. The number of amides is 1. The maximum absolute atomic E-state index is 10.9. The topological polar surface area (TPSA) is 76.0 Å². The summed E-state index contributed by atoms with van der Waals surface area (Å²) < 4.78 is 0. The molecule has 1 heterocycles. The first kappa shape index (κ1) is 9.25. The van der Waals surface area contributed by atoms with E-state index in [9.17, 15) is 9.59 Å². The summed E-state index contributed by atoms with van der Waals surface area (Å²) in [6, 6.07) is 1.68. The number of nitrogens with two attached hydrogens (primary N) is 1. The zero-order valence-corrected chi connectivity index (χ0v) is 7.20. The molecule has 68 valence electrons. The van der Waals surface area contributed by atoms with Crippen LogP contribution in [0.1, 0.15) is 11.1 Å². The maximum atomic E-state index is 10.9. The molecule has 1 aromatic rings. The van der Waals surface area contributed by atoms with Crippen molar-refractivity contribution in [3.8, 4) is 0 Å². The number of rotatable bonds is 2. The van der Waals surface area contributed by atoms with Gasteiger partial charge in [0.1, 0.15) is 0 Å². The molecule has 1 amide bonds. The second-order valence-electron chi connectivity index (χ2n) is 2.68. The number of nitrogens with one attached hydrogen (secondary N) is 1. The first-order chi connectivity index (χ1) is 6.09. The normalized spacial score (nSPS) is 10.5. The van der Waals surface area contributed by atoms with E-state index in [1.165, 1.54) is 12.3 Å². The summed E-state index contributed by atoms with van der Waals surface area (Å²) in [5.74, 6) is -0.510. The van der Waals surface area contributed by atoms with Crippen molar-refractivity contribution in [3.05, 3.63) is 39.8 Å². The van der Waals surface area contributed by atoms with Crippen molar-refractivity contribution < 1.29 is 4.79 Å². The third-order valence-electron chi connectivity index (χ3n) is 1.55. The van der Waals surface area contributed by atoms with Crippen LogP contribution in [0.3, 0.4) is 0 Å². The molecule has 0 spiro atoms. The molecule has 0 saturated carbocycles. The molecular weight excluding hydrogens is 168 g/mol. The Morgan fingerprint density at radius 1 is 1.62 bits per heavy atom. The summed E-state index contributed by atoms with van der Waals surface area (Å²) in [5.41, 5.74) is 6.13. The smallest absolute Gasteiger partial charge is 0.250 e. The second kappa shape index (κ2) is 3.71. The highest BCUT2D eigenvalue weighted by Gasteiger charge is 1.93. The Morgan fingerprint density at radius 2 is 2.31 bits per heavy atom. The third-order valence-corrected chi connectivity index (χ3v) is 1.55. The van der Waals surface area contributed by atoms with Crippen LogP contribution in [-0.4, -0.2) is 10.9 Å². The molecule has 0 unspecified atom stereocenters. The van der Waals surface area contributed by atoms with Gasteiger partial charge in [-0.05, 0) is 24.6 Å². The number of hydrogen-bond donors (Lipinski definition) is 2. The molecule has 0 radical (unpaired) electrons. The molecule has 1 aromatic heterocycles. The van der Waals surface area contributed by atoms with E-state index >= 15 is 0 Å². The molecular formula is C9H10N2O2. The molecule has 0 atom stereocenters. The molecule has 0 bridgehead atoms. The highest BCUT2D eigenvalue weighted by molar-refractivity contribution is 5.90. The van der Waals surface area contributed by atoms with Gasteiger partial charge in [-0.25, -0.2) is 0 Å². The van der Waals surface area contributed by atoms with E-state index in [0.717, 1.165) is 5.56 Å². The van der Waals surface area contributed by atoms with Crippen LogP contribution in [0.15, 0.2) is 23.1 Å². The standard InChI is InChI=1S/C9H10N2O2/c1-6-4-7(2-3-8(10)12)5-11-9(6)13/h2-5H,1H3,(H2,10,12)(H,11,13). The number of aromatic nitrogens is 1. The Bertz CT molecular complexity index is 404. The quantitative estimate of drug-likeness (QED) is 0.634. The summed E-state index contributed by atoms with van der Waals surface area (Å²) in [6.45, 7) is 1.69. The van der Waals surface area contributed by atoms with Crippen molar-refractivity contribution in [3.63, 3.8) is 0 Å². The number of carbonyl (C=O) groups excluding carboxylic acids is 1. The van der Waals surface area contributed by atoms with Crippen molar-refractivity contribution in [1.29, 1.82) is 0 Å². The fourth-order valence-electron chi connectivity index (χ4n) is 0.895. The summed E-state index contributed by atoms with van der Waals surface area (Å²) in [6.07, 6.45) is 4.31. The van der Waals surface area contributed by atoms with Gasteiger partial charge in [-0.2, -0.15) is 0 Å². The van der Waals surface area contributed by atoms with Crippen LogP contribution in [0.5, 0.6) is 0 Å². The highest BCUT2D eigenvalue weighted by Crippen LogP contribution is 1.99. The molecule has 4 heteroatoms. The van der Waals surface area contributed by atoms with E-state index in [-0.39, 0.29) is 5.56 Å². The Labute approximate surface area is 75.1 Å². The maximum Gasteiger partial charge on any atom is 0.250 e. The van der Waals surface area contributed by atoms with Crippen molar-refractivity contribution >= 4 is 12.0 Å². The summed E-state index contributed by atoms with van der Waals surface area (Å²) in [4.78, 5) is 23.9. The van der Waals surface area contributed by atoms with Gasteiger partial charge in [0.15, 0.2) is 0 Å². The van der Waals surface area contributed by atoms with Gasteiger partial charge in [-0.1, -0.05) is 0 Å². The first-order valence-electron chi connectivity index (χ1n) is 3.76. The average molecular weight is 178 g/mol. The van der Waals surface area contributed by atoms with Crippen molar-refractivity contribution in [2.24, 2.45) is 5.73 Å². The molecule has 13 heavy (non-hydrogen) atoms. The first-order valence-corrected chi connectivity index (χ1v) is 3.76. The zero-order chi connectivity index (χ0) is 9.84. The number of primary amides is 1. The van der Waals surface area contributed by atoms with Crippen LogP contribution >= 0.6 is 0 Å². The van der Waals surface area contributed by atoms with E-state index < -0.39 is 5.91 Å². The average Bonchev–Trinajstić information content (AvgIpc) is 2.07. The second-order valence-corrected chi connectivity index (χ2v) is 2.68. The minimum Gasteiger partial charge on any atom is -0.366 e. The molecule has 0 fully saturated rings. The van der Waals surface area contributed by atoms with Crippen LogP contribution in [0.4, 0.5) is 0 Å². The van der Waals surface area contributed by atoms with E-state index in [1.807, 2.05) is 0 Å². The lowest BCUT2D eigenvalue weighted by Crippen LogP contribution is -2.08. The van der Waals surface area contributed by atoms with E-state index in [1.54, 1.807) is 19.1 Å². The van der Waals surface area contributed by atoms with Crippen molar-refractivity contribution in [2.45, 2.75) is 6.92 Å². The van der Waals surface area contributed by atoms with Gasteiger partial charge >= 0.3 is 0 Å². The van der Waals surface area contributed by atoms with Gasteiger partial charge in [-0.3, -0.25) is 9.59 Å². The Balaban J connectivity index is 2.98. The lowest BCUT2D eigenvalue weighted by molar-refractivity contribution is -0.113. The third kappa shape index (κ3) is 2.59. The SMILES string of the molecule is Cc1cc(C=CC(N)=O)c[nH]c1=O. The van der Waals surface area contributed by atoms with Crippen LogP contribution in [-0.2, 0) is 4.79 Å². The predicted octanol–water partition coefficient (Wildman–Crippen LogP) is 0.182. The number of aromatic amines is 1. The minimum atomic E-state index is -0.510. The largest absolute Gasteiger partial charge is 0.366 e. The molecule has 4 nitrogen and oxygen atoms in total. The van der Waals surface area contributed by atoms with Gasteiger partial charge < -0.3 is 10.7 Å². The number of hydrogen-bond acceptors (Lipinski definition) is 2. The summed E-state index contributed by atoms with van der Waals surface area (Å²) in [5, 5.41) is 0. The van der Waals surface area contributed by atoms with Gasteiger partial charge in [0.2, 0.25) is 5.91 Å². The van der Waals surface area contributed by atoms with Gasteiger partial charge in [0.05, 0.1) is 0 Å². The summed E-state index contributed by atoms with van der Waals surface area (Å²) in [7, 11) is 0. The molecule has 1 rings (SSSR count). The number of aryl methyl sites for hydroxylation is 1. The van der Waals surface area contributed by atoms with E-state index in [4.69, 9.17) is 5.73 Å². The Hall–Kier alpha value is -1.84. The Morgan fingerprint density at radius 3 is 2.85 bits per heavy atom. The van der Waals surface area contributed by atoms with Crippen LogP contribution in [0.25, 0.3) is 6.08 Å². The molecule has 0 aromatic carbocycles. The zero-order valence-electron chi connectivity index (χ0n) is 7.20. The molecule has 0 aliphatic heterocycles. The highest BCUT2D eigenvalue weighted by atomic mass is 16.1. The van der Waals surface area contributed by atoms with E-state index in [0.29, 0.717) is 5.56 Å². The number of carbonyl (C=O) groups is 1. The Kier molecular flexibility index (Phi) is 2.64. The van der Waals surface area contributed by atoms with Crippen LogP contribution < -0.4 is 11.3 Å².